The number of ether oxygens (including phenoxy) is 1. The summed E-state index contributed by atoms with van der Waals surface area (Å²) in [5.41, 5.74) is 0.990. The molecule has 0 amide bonds. The molecule has 2 atom stereocenters. The molecule has 4 heteroatoms. The molecule has 1 aliphatic rings. The molecule has 1 aromatic heterocycles. The number of nitrogens with zero attached hydrogens (tertiary/aromatic N) is 1. The van der Waals surface area contributed by atoms with Crippen LogP contribution in [0.4, 0.5) is 0 Å². The zero-order valence-corrected chi connectivity index (χ0v) is 13.9. The van der Waals surface area contributed by atoms with E-state index in [9.17, 15) is 0 Å². The van der Waals surface area contributed by atoms with Gasteiger partial charge in [-0.15, -0.1) is 11.3 Å². The van der Waals surface area contributed by atoms with E-state index in [1.807, 2.05) is 0 Å². The van der Waals surface area contributed by atoms with E-state index in [-0.39, 0.29) is 11.2 Å². The van der Waals surface area contributed by atoms with Crippen LogP contribution < -0.4 is 5.32 Å². The van der Waals surface area contributed by atoms with Gasteiger partial charge in [-0.1, -0.05) is 0 Å². The van der Waals surface area contributed by atoms with Gasteiger partial charge >= 0.3 is 0 Å². The van der Waals surface area contributed by atoms with Gasteiger partial charge in [-0.3, -0.25) is 0 Å². The Morgan fingerprint density at radius 3 is 2.37 bits per heavy atom. The zero-order chi connectivity index (χ0) is 14.4. The number of hydrogen-bond donors (Lipinski definition) is 1. The second-order valence-corrected chi connectivity index (χ2v) is 8.03. The average Bonchev–Trinajstić information content (AvgIpc) is 2.63. The number of aryl methyl sites for hydroxylation is 2. The summed E-state index contributed by atoms with van der Waals surface area (Å²) in [5.74, 6) is 0. The van der Waals surface area contributed by atoms with E-state index in [1.54, 1.807) is 11.3 Å². The first kappa shape index (κ1) is 14.9. The van der Waals surface area contributed by atoms with E-state index in [0.29, 0.717) is 12.1 Å². The van der Waals surface area contributed by atoms with Crippen LogP contribution in [0, 0.1) is 13.8 Å². The maximum atomic E-state index is 6.15. The number of nitrogens with one attached hydrogen (secondary N) is 1. The maximum Gasteiger partial charge on any atom is 0.0900 e. The first-order valence-electron chi connectivity index (χ1n) is 7.01. The Labute approximate surface area is 120 Å². The normalized spacial score (nSPS) is 26.6. The molecule has 1 aromatic rings. The Hall–Kier alpha value is -0.450. The van der Waals surface area contributed by atoms with Gasteiger partial charge in [-0.05, 0) is 54.9 Å². The third kappa shape index (κ3) is 3.18. The number of thiazole rings is 1. The van der Waals surface area contributed by atoms with Gasteiger partial charge in [0.25, 0.3) is 0 Å². The number of hydrogen-bond acceptors (Lipinski definition) is 4. The molecular weight excluding hydrogens is 256 g/mol. The van der Waals surface area contributed by atoms with Crippen molar-refractivity contribution in [2.75, 3.05) is 0 Å². The Bertz CT molecular complexity index is 465. The molecule has 0 saturated carbocycles. The lowest BCUT2D eigenvalue weighted by atomic mass is 9.93. The minimum Gasteiger partial charge on any atom is -0.368 e. The van der Waals surface area contributed by atoms with Crippen molar-refractivity contribution >= 4 is 11.3 Å². The van der Waals surface area contributed by atoms with Gasteiger partial charge in [0.15, 0.2) is 0 Å². The average molecular weight is 282 g/mol. The Morgan fingerprint density at radius 1 is 1.32 bits per heavy atom. The van der Waals surface area contributed by atoms with E-state index in [4.69, 9.17) is 4.74 Å². The molecule has 0 radical (unpaired) electrons. The summed E-state index contributed by atoms with van der Waals surface area (Å²) in [7, 11) is 0. The van der Waals surface area contributed by atoms with Crippen LogP contribution in [-0.2, 0) is 4.74 Å². The molecule has 1 aliphatic heterocycles. The Morgan fingerprint density at radius 2 is 1.95 bits per heavy atom. The van der Waals surface area contributed by atoms with Crippen molar-refractivity contribution in [2.24, 2.45) is 0 Å². The highest BCUT2D eigenvalue weighted by atomic mass is 32.1. The van der Waals surface area contributed by atoms with Crippen molar-refractivity contribution in [1.82, 2.24) is 10.3 Å². The predicted octanol–water partition coefficient (Wildman–Crippen LogP) is 3.76. The van der Waals surface area contributed by atoms with E-state index in [1.165, 1.54) is 4.88 Å². The highest BCUT2D eigenvalue weighted by molar-refractivity contribution is 7.11. The van der Waals surface area contributed by atoms with Crippen LogP contribution in [0.5, 0.6) is 0 Å². The standard InChI is InChI=1S/C15H26N2OS/c1-9-13(19-11(3)16-9)10(2)17-12-8-14(4,5)18-15(12,6)7/h10,12,17H,8H2,1-7H3. The maximum absolute atomic E-state index is 6.15. The fraction of sp³-hybridized carbons (Fsp3) is 0.800. The molecule has 1 saturated heterocycles. The highest BCUT2D eigenvalue weighted by Crippen LogP contribution is 2.38. The number of rotatable bonds is 3. The lowest BCUT2D eigenvalue weighted by molar-refractivity contribution is -0.0703. The van der Waals surface area contributed by atoms with Crippen molar-refractivity contribution in [1.29, 1.82) is 0 Å². The topological polar surface area (TPSA) is 34.2 Å². The van der Waals surface area contributed by atoms with Crippen molar-refractivity contribution in [3.05, 3.63) is 15.6 Å². The third-order valence-electron chi connectivity index (χ3n) is 3.86. The molecule has 2 heterocycles. The Balaban J connectivity index is 2.11. The third-order valence-corrected chi connectivity index (χ3v) is 5.11. The smallest absolute Gasteiger partial charge is 0.0900 e. The summed E-state index contributed by atoms with van der Waals surface area (Å²) in [6, 6.07) is 0.701. The van der Waals surface area contributed by atoms with Crippen LogP contribution in [0.25, 0.3) is 0 Å². The fourth-order valence-electron chi connectivity index (χ4n) is 3.15. The molecule has 1 fully saturated rings. The minimum atomic E-state index is -0.120. The van der Waals surface area contributed by atoms with Crippen LogP contribution in [0.15, 0.2) is 0 Å². The van der Waals surface area contributed by atoms with E-state index < -0.39 is 0 Å². The Kier molecular flexibility index (Phi) is 3.80. The first-order chi connectivity index (χ1) is 8.61. The largest absolute Gasteiger partial charge is 0.368 e. The summed E-state index contributed by atoms with van der Waals surface area (Å²) in [5, 5.41) is 4.88. The molecule has 2 rings (SSSR count). The summed E-state index contributed by atoms with van der Waals surface area (Å²) in [6.45, 7) is 15.1. The quantitative estimate of drug-likeness (QED) is 0.916. The molecule has 0 aliphatic carbocycles. The molecular formula is C15H26N2OS. The lowest BCUT2D eigenvalue weighted by Gasteiger charge is -2.29. The summed E-state index contributed by atoms with van der Waals surface area (Å²) in [4.78, 5) is 5.86. The minimum absolute atomic E-state index is 0.0421. The first-order valence-corrected chi connectivity index (χ1v) is 7.82. The second-order valence-electron chi connectivity index (χ2n) is 6.79. The van der Waals surface area contributed by atoms with Crippen molar-refractivity contribution in [2.45, 2.75) is 78.2 Å². The zero-order valence-electron chi connectivity index (χ0n) is 13.1. The van der Waals surface area contributed by atoms with E-state index >= 15 is 0 Å². The predicted molar refractivity (Wildman–Crippen MR) is 80.8 cm³/mol. The van der Waals surface area contributed by atoms with Crippen molar-refractivity contribution < 1.29 is 4.74 Å². The van der Waals surface area contributed by atoms with Gasteiger partial charge in [0.05, 0.1) is 21.9 Å². The molecule has 0 aromatic carbocycles. The van der Waals surface area contributed by atoms with Gasteiger partial charge in [0.1, 0.15) is 0 Å². The highest BCUT2D eigenvalue weighted by Gasteiger charge is 2.46. The van der Waals surface area contributed by atoms with Crippen LogP contribution in [0.2, 0.25) is 0 Å². The number of aromatic nitrogens is 1. The lowest BCUT2D eigenvalue weighted by Crippen LogP contribution is -2.44. The molecule has 19 heavy (non-hydrogen) atoms. The summed E-state index contributed by atoms with van der Waals surface area (Å²) >= 11 is 1.79. The molecule has 2 unspecified atom stereocenters. The SMILES string of the molecule is Cc1nc(C)c(C(C)NC2CC(C)(C)OC2(C)C)s1. The van der Waals surface area contributed by atoms with Crippen LogP contribution >= 0.6 is 11.3 Å². The van der Waals surface area contributed by atoms with Crippen LogP contribution in [0.3, 0.4) is 0 Å². The summed E-state index contributed by atoms with van der Waals surface area (Å²) < 4.78 is 6.15. The molecule has 0 bridgehead atoms. The molecule has 108 valence electrons. The van der Waals surface area contributed by atoms with Crippen LogP contribution in [0.1, 0.15) is 62.7 Å². The van der Waals surface area contributed by atoms with Gasteiger partial charge < -0.3 is 10.1 Å². The van der Waals surface area contributed by atoms with Gasteiger partial charge in [0.2, 0.25) is 0 Å². The fourth-order valence-corrected chi connectivity index (χ4v) is 4.09. The van der Waals surface area contributed by atoms with E-state index in [2.05, 4.69) is 58.8 Å². The molecule has 0 spiro atoms. The van der Waals surface area contributed by atoms with Gasteiger partial charge in [-0.25, -0.2) is 4.98 Å². The van der Waals surface area contributed by atoms with Gasteiger partial charge in [-0.2, -0.15) is 0 Å². The summed E-state index contributed by atoms with van der Waals surface area (Å²) in [6.07, 6.45) is 1.04. The molecule has 3 nitrogen and oxygen atoms in total. The second kappa shape index (κ2) is 4.83. The molecule has 1 N–H and O–H groups in total. The van der Waals surface area contributed by atoms with Gasteiger partial charge in [0, 0.05) is 17.0 Å². The van der Waals surface area contributed by atoms with Crippen molar-refractivity contribution in [3.8, 4) is 0 Å². The van der Waals surface area contributed by atoms with Crippen LogP contribution in [-0.4, -0.2) is 22.2 Å². The van der Waals surface area contributed by atoms with Crippen molar-refractivity contribution in [3.63, 3.8) is 0 Å². The monoisotopic (exact) mass is 282 g/mol. The van der Waals surface area contributed by atoms with E-state index in [0.717, 1.165) is 17.1 Å².